The predicted molar refractivity (Wildman–Crippen MR) is 294 cm³/mol. The highest BCUT2D eigenvalue weighted by molar-refractivity contribution is 6.26. The molecule has 0 aliphatic carbocycles. The van der Waals surface area contributed by atoms with Gasteiger partial charge in [0.25, 0.3) is 0 Å². The summed E-state index contributed by atoms with van der Waals surface area (Å²) in [7, 11) is 0. The molecule has 12 aromatic carbocycles. The van der Waals surface area contributed by atoms with Crippen molar-refractivity contribution < 1.29 is 8.83 Å². The highest BCUT2D eigenvalue weighted by Gasteiger charge is 2.28. The van der Waals surface area contributed by atoms with Crippen LogP contribution in [0.4, 0.5) is 34.1 Å². The SMILES string of the molecule is c1ccc(-c2ccccc2N(c2cc3c4ccccc4c(N(c4ccccc4-c4ccccc4)c4cccc5c4oc4ccccc45)cc3c3ccccc23)c2cccc3c2oc2ccccc23)cc1. The lowest BCUT2D eigenvalue weighted by Crippen LogP contribution is -2.13. The van der Waals surface area contributed by atoms with Crippen LogP contribution in [0.25, 0.3) is 98.4 Å². The molecule has 2 heterocycles. The maximum atomic E-state index is 6.89. The van der Waals surface area contributed by atoms with Gasteiger partial charge in [0, 0.05) is 43.4 Å². The zero-order valence-corrected chi connectivity index (χ0v) is 38.0. The van der Waals surface area contributed by atoms with Crippen LogP contribution in [-0.4, -0.2) is 0 Å². The molecule has 14 aromatic rings. The molecule has 0 radical (unpaired) electrons. The molecule has 0 aliphatic rings. The lowest BCUT2D eigenvalue weighted by molar-refractivity contribution is 0.669. The van der Waals surface area contributed by atoms with E-state index in [2.05, 4.69) is 252 Å². The molecule has 0 saturated carbocycles. The predicted octanol–water partition coefficient (Wildman–Crippen LogP) is 19.2. The van der Waals surface area contributed by atoms with E-state index in [-0.39, 0.29) is 0 Å². The van der Waals surface area contributed by atoms with Gasteiger partial charge in [-0.25, -0.2) is 0 Å². The normalized spacial score (nSPS) is 11.7. The van der Waals surface area contributed by atoms with Crippen LogP contribution < -0.4 is 9.80 Å². The van der Waals surface area contributed by atoms with Crippen LogP contribution in [0.2, 0.25) is 0 Å². The Kier molecular flexibility index (Phi) is 9.17. The lowest BCUT2D eigenvalue weighted by atomic mass is 9.92. The Balaban J connectivity index is 1.09. The fraction of sp³-hybridized carbons (Fsp3) is 0. The van der Waals surface area contributed by atoms with Crippen LogP contribution in [-0.2, 0) is 0 Å². The van der Waals surface area contributed by atoms with Gasteiger partial charge in [-0.05, 0) is 81.2 Å². The second kappa shape index (κ2) is 16.2. The van der Waals surface area contributed by atoms with Gasteiger partial charge in [-0.3, -0.25) is 0 Å². The Morgan fingerprint density at radius 3 is 0.986 bits per heavy atom. The Morgan fingerprint density at radius 1 is 0.214 bits per heavy atom. The van der Waals surface area contributed by atoms with Gasteiger partial charge >= 0.3 is 0 Å². The van der Waals surface area contributed by atoms with Crippen molar-refractivity contribution >= 4 is 110 Å². The fourth-order valence-corrected chi connectivity index (χ4v) is 10.9. The van der Waals surface area contributed by atoms with E-state index in [1.165, 1.54) is 0 Å². The molecule has 0 N–H and O–H groups in total. The summed E-state index contributed by atoms with van der Waals surface area (Å²) in [5, 5.41) is 11.1. The number of anilines is 6. The standard InChI is InChI=1S/C66H42N2O2/c1-3-21-43(22-4-1)45-25-11-15-35-57(45)67(59-37-19-33-53-51-31-13-17-39-63(51)69-65(53)59)61-41-55-48-28-8-10-30-50(48)62(42-56(55)47-27-7-9-29-49(47)61)68(58-36-16-12-26-46(58)44-23-5-2-6-24-44)60-38-20-34-54-52-32-14-18-40-64(52)70-66(54)60/h1-42H. The van der Waals surface area contributed by atoms with Crippen molar-refractivity contribution in [2.45, 2.75) is 0 Å². The van der Waals surface area contributed by atoms with Crippen molar-refractivity contribution in [2.75, 3.05) is 9.80 Å². The first-order chi connectivity index (χ1) is 34.8. The summed E-state index contributed by atoms with van der Waals surface area (Å²) in [6.45, 7) is 0. The van der Waals surface area contributed by atoms with Crippen molar-refractivity contribution in [3.63, 3.8) is 0 Å². The zero-order valence-electron chi connectivity index (χ0n) is 38.0. The summed E-state index contributed by atoms with van der Waals surface area (Å²) in [4.78, 5) is 4.87. The van der Waals surface area contributed by atoms with Crippen molar-refractivity contribution in [1.82, 2.24) is 0 Å². The quantitative estimate of drug-likeness (QED) is 0.142. The molecule has 0 unspecified atom stereocenters. The Labute approximate surface area is 404 Å². The molecule has 0 bridgehead atoms. The Morgan fingerprint density at radius 2 is 0.543 bits per heavy atom. The zero-order chi connectivity index (χ0) is 46.1. The van der Waals surface area contributed by atoms with Gasteiger partial charge in [-0.15, -0.1) is 0 Å². The first kappa shape index (κ1) is 39.8. The second-order valence-corrected chi connectivity index (χ2v) is 17.9. The molecular formula is C66H42N2O2. The van der Waals surface area contributed by atoms with E-state index >= 15 is 0 Å². The first-order valence-corrected chi connectivity index (χ1v) is 23.8. The summed E-state index contributed by atoms with van der Waals surface area (Å²) >= 11 is 0. The molecule has 328 valence electrons. The van der Waals surface area contributed by atoms with Crippen LogP contribution >= 0.6 is 0 Å². The smallest absolute Gasteiger partial charge is 0.159 e. The van der Waals surface area contributed by atoms with E-state index in [1.54, 1.807) is 0 Å². The van der Waals surface area contributed by atoms with Crippen LogP contribution in [0.1, 0.15) is 0 Å². The van der Waals surface area contributed by atoms with Crippen molar-refractivity contribution in [2.24, 2.45) is 0 Å². The Bertz CT molecular complexity index is 4040. The lowest BCUT2D eigenvalue weighted by Gasteiger charge is -2.31. The molecule has 0 saturated heterocycles. The van der Waals surface area contributed by atoms with E-state index in [4.69, 9.17) is 8.83 Å². The molecule has 0 atom stereocenters. The van der Waals surface area contributed by atoms with Crippen LogP contribution in [0.3, 0.4) is 0 Å². The van der Waals surface area contributed by atoms with Crippen molar-refractivity contribution in [3.8, 4) is 22.3 Å². The molecule has 0 fully saturated rings. The summed E-state index contributed by atoms with van der Waals surface area (Å²) in [5.74, 6) is 0. The number of hydrogen-bond donors (Lipinski definition) is 0. The molecule has 2 aromatic heterocycles. The third kappa shape index (κ3) is 6.24. The summed E-state index contributed by atoms with van der Waals surface area (Å²) < 4.78 is 13.8. The number of hydrogen-bond acceptors (Lipinski definition) is 4. The minimum absolute atomic E-state index is 0.837. The van der Waals surface area contributed by atoms with E-state index in [9.17, 15) is 0 Å². The number of benzene rings is 12. The average molecular weight is 895 g/mol. The van der Waals surface area contributed by atoms with E-state index in [0.29, 0.717) is 0 Å². The molecular weight excluding hydrogens is 853 g/mol. The van der Waals surface area contributed by atoms with Gasteiger partial charge in [-0.1, -0.05) is 206 Å². The minimum atomic E-state index is 0.837. The van der Waals surface area contributed by atoms with Gasteiger partial charge in [0.2, 0.25) is 0 Å². The number of para-hydroxylation sites is 6. The second-order valence-electron chi connectivity index (χ2n) is 17.9. The van der Waals surface area contributed by atoms with Crippen molar-refractivity contribution in [1.29, 1.82) is 0 Å². The molecule has 4 heteroatoms. The van der Waals surface area contributed by atoms with Crippen LogP contribution in [0.15, 0.2) is 264 Å². The summed E-state index contributed by atoms with van der Waals surface area (Å²) in [6.07, 6.45) is 0. The summed E-state index contributed by atoms with van der Waals surface area (Å²) in [5.41, 5.74) is 14.0. The van der Waals surface area contributed by atoms with Gasteiger partial charge in [0.15, 0.2) is 11.2 Å². The van der Waals surface area contributed by atoms with Gasteiger partial charge in [-0.2, -0.15) is 0 Å². The largest absolute Gasteiger partial charge is 0.454 e. The van der Waals surface area contributed by atoms with Gasteiger partial charge < -0.3 is 18.6 Å². The van der Waals surface area contributed by atoms with Crippen LogP contribution in [0, 0.1) is 0 Å². The maximum Gasteiger partial charge on any atom is 0.159 e. The topological polar surface area (TPSA) is 32.8 Å². The molecule has 14 rings (SSSR count). The monoisotopic (exact) mass is 894 g/mol. The maximum absolute atomic E-state index is 6.89. The highest BCUT2D eigenvalue weighted by Crippen LogP contribution is 2.52. The molecule has 0 aliphatic heterocycles. The van der Waals surface area contributed by atoms with E-state index < -0.39 is 0 Å². The van der Waals surface area contributed by atoms with Crippen molar-refractivity contribution in [3.05, 3.63) is 255 Å². The average Bonchev–Trinajstić information content (AvgIpc) is 4.02. The summed E-state index contributed by atoms with van der Waals surface area (Å²) in [6, 6.07) is 91.2. The molecule has 4 nitrogen and oxygen atoms in total. The van der Waals surface area contributed by atoms with Gasteiger partial charge in [0.05, 0.1) is 34.1 Å². The third-order valence-corrected chi connectivity index (χ3v) is 14.0. The van der Waals surface area contributed by atoms with Crippen LogP contribution in [0.5, 0.6) is 0 Å². The number of furan rings is 2. The molecule has 70 heavy (non-hydrogen) atoms. The minimum Gasteiger partial charge on any atom is -0.454 e. The number of nitrogens with zero attached hydrogens (tertiary/aromatic N) is 2. The molecule has 0 amide bonds. The fourth-order valence-electron chi connectivity index (χ4n) is 10.9. The number of rotatable bonds is 8. The number of fused-ring (bicyclic) bond motifs is 11. The van der Waals surface area contributed by atoms with E-state index in [0.717, 1.165) is 133 Å². The Hall–Kier alpha value is -9.38. The van der Waals surface area contributed by atoms with Gasteiger partial charge in [0.1, 0.15) is 11.2 Å². The van der Waals surface area contributed by atoms with E-state index in [1.807, 2.05) is 12.1 Å². The highest BCUT2D eigenvalue weighted by atomic mass is 16.3. The first-order valence-electron chi connectivity index (χ1n) is 23.8. The molecule has 0 spiro atoms. The third-order valence-electron chi connectivity index (χ3n) is 14.0.